The van der Waals surface area contributed by atoms with Gasteiger partial charge in [-0.1, -0.05) is 6.07 Å². The van der Waals surface area contributed by atoms with Gasteiger partial charge in [-0.15, -0.1) is 0 Å². The average molecular weight is 279 g/mol. The number of nitrogens with zero attached hydrogens (tertiary/aromatic N) is 1. The van der Waals surface area contributed by atoms with Gasteiger partial charge in [0.05, 0.1) is 6.10 Å². The number of benzene rings is 1. The monoisotopic (exact) mass is 279 g/mol. The van der Waals surface area contributed by atoms with Crippen LogP contribution in [0.1, 0.15) is 24.0 Å². The third kappa shape index (κ3) is 4.78. The summed E-state index contributed by atoms with van der Waals surface area (Å²) in [5, 5.41) is 19.6. The van der Waals surface area contributed by atoms with Crippen LogP contribution in [0.3, 0.4) is 0 Å². The number of β-amino-alcohol motifs (C(OH)–C–C–N with tert-alkyl or cyclic N) is 2. The lowest BCUT2D eigenvalue weighted by molar-refractivity contribution is 0.0243. The number of aliphatic hydroxyl groups excluding tert-OH is 2. The number of rotatable bonds is 5. The Morgan fingerprint density at radius 3 is 2.65 bits per heavy atom. The fourth-order valence-electron chi connectivity index (χ4n) is 2.76. The minimum Gasteiger partial charge on any atom is -0.491 e. The number of likely N-dealkylation sites (tertiary alicyclic amines) is 1. The second kappa shape index (κ2) is 7.07. The maximum atomic E-state index is 10.0. The highest BCUT2D eigenvalue weighted by Crippen LogP contribution is 2.16. The molecule has 1 aromatic carbocycles. The molecule has 0 bridgehead atoms. The zero-order valence-corrected chi connectivity index (χ0v) is 12.4. The van der Waals surface area contributed by atoms with Gasteiger partial charge in [-0.05, 0) is 56.5 Å². The van der Waals surface area contributed by atoms with Crippen LogP contribution >= 0.6 is 0 Å². The zero-order chi connectivity index (χ0) is 14.5. The third-order valence-corrected chi connectivity index (χ3v) is 3.59. The van der Waals surface area contributed by atoms with Crippen molar-refractivity contribution in [3.8, 4) is 5.75 Å². The number of piperidine rings is 1. The van der Waals surface area contributed by atoms with E-state index in [0.29, 0.717) is 13.1 Å². The predicted octanol–water partition coefficient (Wildman–Crippen LogP) is 1.50. The van der Waals surface area contributed by atoms with Gasteiger partial charge in [0.2, 0.25) is 0 Å². The summed E-state index contributed by atoms with van der Waals surface area (Å²) >= 11 is 0. The molecule has 2 N–H and O–H groups in total. The summed E-state index contributed by atoms with van der Waals surface area (Å²) in [5.74, 6) is 0.806. The van der Waals surface area contributed by atoms with Crippen LogP contribution in [0.4, 0.5) is 0 Å². The van der Waals surface area contributed by atoms with E-state index in [-0.39, 0.29) is 12.7 Å². The predicted molar refractivity (Wildman–Crippen MR) is 79.1 cm³/mol. The van der Waals surface area contributed by atoms with Crippen molar-refractivity contribution in [2.45, 2.75) is 38.9 Å². The van der Waals surface area contributed by atoms with Gasteiger partial charge in [0.1, 0.15) is 18.5 Å². The number of ether oxygens (including phenoxy) is 1. The molecule has 112 valence electrons. The molecule has 2 atom stereocenters. The van der Waals surface area contributed by atoms with Gasteiger partial charge in [0.15, 0.2) is 0 Å². The van der Waals surface area contributed by atoms with Crippen LogP contribution < -0.4 is 4.74 Å². The maximum absolute atomic E-state index is 10.0. The summed E-state index contributed by atoms with van der Waals surface area (Å²) in [6, 6.07) is 6.05. The fraction of sp³-hybridized carbons (Fsp3) is 0.625. The molecule has 4 nitrogen and oxygen atoms in total. The zero-order valence-electron chi connectivity index (χ0n) is 12.4. The van der Waals surface area contributed by atoms with Crippen molar-refractivity contribution in [3.63, 3.8) is 0 Å². The minimum absolute atomic E-state index is 0.253. The SMILES string of the molecule is Cc1cc(C)cc(OC[C@@H](O)CN2CCC[C@H](O)C2)c1. The van der Waals surface area contributed by atoms with Crippen LogP contribution in [0, 0.1) is 13.8 Å². The van der Waals surface area contributed by atoms with Crippen LogP contribution in [-0.2, 0) is 0 Å². The summed E-state index contributed by atoms with van der Waals surface area (Å²) in [6.07, 6.45) is 1.08. The molecule has 2 rings (SSSR count). The van der Waals surface area contributed by atoms with E-state index in [1.165, 1.54) is 0 Å². The normalized spacial score (nSPS) is 21.7. The first-order valence-electron chi connectivity index (χ1n) is 7.32. The molecule has 0 saturated carbocycles. The highest BCUT2D eigenvalue weighted by Gasteiger charge is 2.20. The van der Waals surface area contributed by atoms with Gasteiger partial charge in [0.25, 0.3) is 0 Å². The molecule has 0 spiro atoms. The molecule has 20 heavy (non-hydrogen) atoms. The van der Waals surface area contributed by atoms with Crippen molar-refractivity contribution in [2.24, 2.45) is 0 Å². The van der Waals surface area contributed by atoms with E-state index in [4.69, 9.17) is 4.74 Å². The number of hydrogen-bond donors (Lipinski definition) is 2. The van der Waals surface area contributed by atoms with E-state index >= 15 is 0 Å². The first kappa shape index (κ1) is 15.3. The Bertz CT molecular complexity index is 415. The van der Waals surface area contributed by atoms with Crippen LogP contribution in [0.15, 0.2) is 18.2 Å². The van der Waals surface area contributed by atoms with E-state index in [0.717, 1.165) is 36.3 Å². The standard InChI is InChI=1S/C16H25NO3/c1-12-6-13(2)8-16(7-12)20-11-15(19)10-17-5-3-4-14(18)9-17/h6-8,14-15,18-19H,3-5,9-11H2,1-2H3/t14-,15-/m0/s1. The Labute approximate surface area is 121 Å². The smallest absolute Gasteiger partial charge is 0.119 e. The van der Waals surface area contributed by atoms with Crippen molar-refractivity contribution in [1.29, 1.82) is 0 Å². The van der Waals surface area contributed by atoms with Crippen LogP contribution in [0.25, 0.3) is 0 Å². The Hall–Kier alpha value is -1.10. The van der Waals surface area contributed by atoms with Gasteiger partial charge < -0.3 is 14.9 Å². The van der Waals surface area contributed by atoms with Gasteiger partial charge >= 0.3 is 0 Å². The molecule has 1 saturated heterocycles. The molecule has 0 radical (unpaired) electrons. The first-order chi connectivity index (χ1) is 9.52. The van der Waals surface area contributed by atoms with Gasteiger partial charge in [-0.25, -0.2) is 0 Å². The molecule has 1 aliphatic rings. The topological polar surface area (TPSA) is 52.9 Å². The van der Waals surface area contributed by atoms with Gasteiger partial charge in [0, 0.05) is 13.1 Å². The largest absolute Gasteiger partial charge is 0.491 e. The molecule has 1 aromatic rings. The second-order valence-electron chi connectivity index (χ2n) is 5.84. The molecule has 0 amide bonds. The lowest BCUT2D eigenvalue weighted by Gasteiger charge is -2.31. The van der Waals surface area contributed by atoms with Gasteiger partial charge in [-0.3, -0.25) is 4.90 Å². The Morgan fingerprint density at radius 1 is 1.30 bits per heavy atom. The molecule has 1 fully saturated rings. The Kier molecular flexibility index (Phi) is 5.40. The van der Waals surface area contributed by atoms with Crippen molar-refractivity contribution >= 4 is 0 Å². The van der Waals surface area contributed by atoms with Crippen LogP contribution in [0.5, 0.6) is 5.75 Å². The van der Waals surface area contributed by atoms with Crippen molar-refractivity contribution in [1.82, 2.24) is 4.90 Å². The molecule has 1 heterocycles. The quantitative estimate of drug-likeness (QED) is 0.857. The molecule has 1 aliphatic heterocycles. The Balaban J connectivity index is 1.78. The average Bonchev–Trinajstić information content (AvgIpc) is 2.35. The fourth-order valence-corrected chi connectivity index (χ4v) is 2.76. The Morgan fingerprint density at radius 2 is 2.00 bits per heavy atom. The third-order valence-electron chi connectivity index (χ3n) is 3.59. The van der Waals surface area contributed by atoms with Crippen LogP contribution in [0.2, 0.25) is 0 Å². The van der Waals surface area contributed by atoms with Crippen molar-refractivity contribution in [3.05, 3.63) is 29.3 Å². The van der Waals surface area contributed by atoms with E-state index in [2.05, 4.69) is 11.0 Å². The lowest BCUT2D eigenvalue weighted by Crippen LogP contribution is -2.43. The molecular weight excluding hydrogens is 254 g/mol. The molecule has 0 aromatic heterocycles. The lowest BCUT2D eigenvalue weighted by atomic mass is 10.1. The number of aryl methyl sites for hydroxylation is 2. The van der Waals surface area contributed by atoms with E-state index < -0.39 is 6.10 Å². The molecule has 4 heteroatoms. The van der Waals surface area contributed by atoms with E-state index in [1.807, 2.05) is 26.0 Å². The van der Waals surface area contributed by atoms with Crippen molar-refractivity contribution in [2.75, 3.05) is 26.2 Å². The summed E-state index contributed by atoms with van der Waals surface area (Å²) < 4.78 is 5.66. The summed E-state index contributed by atoms with van der Waals surface area (Å²) in [6.45, 7) is 6.51. The highest BCUT2D eigenvalue weighted by atomic mass is 16.5. The number of hydrogen-bond acceptors (Lipinski definition) is 4. The summed E-state index contributed by atoms with van der Waals surface area (Å²) in [4.78, 5) is 2.10. The first-order valence-corrected chi connectivity index (χ1v) is 7.32. The molecule has 0 unspecified atom stereocenters. The van der Waals surface area contributed by atoms with Gasteiger partial charge in [-0.2, -0.15) is 0 Å². The summed E-state index contributed by atoms with van der Waals surface area (Å²) in [7, 11) is 0. The minimum atomic E-state index is -0.527. The highest BCUT2D eigenvalue weighted by molar-refractivity contribution is 5.32. The van der Waals surface area contributed by atoms with Crippen molar-refractivity contribution < 1.29 is 14.9 Å². The maximum Gasteiger partial charge on any atom is 0.119 e. The van der Waals surface area contributed by atoms with E-state index in [9.17, 15) is 10.2 Å². The second-order valence-corrected chi connectivity index (χ2v) is 5.84. The molecule has 0 aliphatic carbocycles. The molecular formula is C16H25NO3. The number of aliphatic hydroxyl groups is 2. The van der Waals surface area contributed by atoms with E-state index in [1.54, 1.807) is 0 Å². The summed E-state index contributed by atoms with van der Waals surface area (Å²) in [5.41, 5.74) is 2.32. The van der Waals surface area contributed by atoms with Crippen LogP contribution in [-0.4, -0.2) is 53.6 Å².